The highest BCUT2D eigenvalue weighted by Gasteiger charge is 2.36. The van der Waals surface area contributed by atoms with Gasteiger partial charge < -0.3 is 25.4 Å². The Balaban J connectivity index is 3.34. The first-order valence-electron chi connectivity index (χ1n) is 11.3. The van der Waals surface area contributed by atoms with E-state index in [4.69, 9.17) is 4.74 Å². The monoisotopic (exact) mass is 461 g/mol. The molecule has 3 N–H and O–H groups in total. The second kappa shape index (κ2) is 13.0. The second-order valence-electron chi connectivity index (χ2n) is 9.12. The maximum atomic E-state index is 13.5. The summed E-state index contributed by atoms with van der Waals surface area (Å²) in [5, 5.41) is 15.3. The van der Waals surface area contributed by atoms with Crippen LogP contribution in [-0.2, 0) is 14.3 Å². The van der Waals surface area contributed by atoms with E-state index < -0.39 is 36.3 Å². The molecule has 3 amide bonds. The Bertz CT molecular complexity index is 819. The number of carbonyl (C=O) groups excluding carboxylic acids is 3. The third-order valence-electron chi connectivity index (χ3n) is 4.93. The van der Waals surface area contributed by atoms with Crippen molar-refractivity contribution in [1.29, 1.82) is 0 Å². The Hall–Kier alpha value is -2.87. The number of aliphatic hydroxyl groups is 1. The lowest BCUT2D eigenvalue weighted by Gasteiger charge is -2.34. The molecule has 1 aromatic rings. The quantitative estimate of drug-likeness (QED) is 0.439. The molecule has 1 rings (SSSR count). The number of hydrogen-bond acceptors (Lipinski definition) is 5. The summed E-state index contributed by atoms with van der Waals surface area (Å²) in [4.78, 5) is 40.4. The van der Waals surface area contributed by atoms with E-state index in [0.29, 0.717) is 5.56 Å². The summed E-state index contributed by atoms with van der Waals surface area (Å²) < 4.78 is 5.22. The van der Waals surface area contributed by atoms with Gasteiger partial charge in [-0.15, -0.1) is 6.58 Å². The summed E-state index contributed by atoms with van der Waals surface area (Å²) in [5.41, 5.74) is 0.721. The van der Waals surface area contributed by atoms with Gasteiger partial charge in [0.25, 0.3) is 0 Å². The number of nitrogens with zero attached hydrogens (tertiary/aromatic N) is 1. The van der Waals surface area contributed by atoms with Crippen LogP contribution in [-0.4, -0.2) is 58.8 Å². The lowest BCUT2D eigenvalue weighted by molar-refractivity contribution is -0.142. The number of alkyl carbamates (subject to hydrolysis) is 1. The van der Waals surface area contributed by atoms with Crippen molar-refractivity contribution in [3.63, 3.8) is 0 Å². The van der Waals surface area contributed by atoms with Crippen molar-refractivity contribution in [3.05, 3.63) is 48.0 Å². The Morgan fingerprint density at radius 1 is 1.21 bits per heavy atom. The van der Waals surface area contributed by atoms with Crippen LogP contribution in [0, 0.1) is 6.92 Å². The van der Waals surface area contributed by atoms with Crippen LogP contribution in [0.4, 0.5) is 4.79 Å². The first-order valence-corrected chi connectivity index (χ1v) is 11.3. The van der Waals surface area contributed by atoms with Crippen molar-refractivity contribution < 1.29 is 24.2 Å². The number of amides is 3. The molecule has 0 saturated carbocycles. The molecule has 8 nitrogen and oxygen atoms in total. The van der Waals surface area contributed by atoms with Gasteiger partial charge in [0.05, 0.1) is 6.61 Å². The molecule has 0 aromatic heterocycles. The topological polar surface area (TPSA) is 108 Å². The Kier molecular flexibility index (Phi) is 11.1. The molecule has 0 heterocycles. The van der Waals surface area contributed by atoms with Crippen LogP contribution in [0.15, 0.2) is 36.9 Å². The molecule has 0 spiro atoms. The number of aryl methyl sites for hydroxylation is 1. The third-order valence-corrected chi connectivity index (χ3v) is 4.93. The van der Waals surface area contributed by atoms with E-state index in [1.54, 1.807) is 32.9 Å². The van der Waals surface area contributed by atoms with Gasteiger partial charge in [0.2, 0.25) is 11.8 Å². The highest BCUT2D eigenvalue weighted by Crippen LogP contribution is 2.26. The predicted octanol–water partition coefficient (Wildman–Crippen LogP) is 3.24. The maximum Gasteiger partial charge on any atom is 0.408 e. The highest BCUT2D eigenvalue weighted by atomic mass is 16.6. The van der Waals surface area contributed by atoms with Gasteiger partial charge >= 0.3 is 6.09 Å². The minimum atomic E-state index is -1.29. The fourth-order valence-corrected chi connectivity index (χ4v) is 3.47. The second-order valence-corrected chi connectivity index (χ2v) is 9.12. The smallest absolute Gasteiger partial charge is 0.408 e. The van der Waals surface area contributed by atoms with E-state index in [-0.39, 0.29) is 18.5 Å². The largest absolute Gasteiger partial charge is 0.444 e. The molecule has 0 aliphatic rings. The zero-order valence-corrected chi connectivity index (χ0v) is 20.7. The molecule has 8 heteroatoms. The van der Waals surface area contributed by atoms with Crippen molar-refractivity contribution in [1.82, 2.24) is 15.5 Å². The van der Waals surface area contributed by atoms with Crippen LogP contribution in [0.3, 0.4) is 0 Å². The minimum Gasteiger partial charge on any atom is -0.444 e. The molecule has 33 heavy (non-hydrogen) atoms. The van der Waals surface area contributed by atoms with Gasteiger partial charge in [-0.2, -0.15) is 0 Å². The lowest BCUT2D eigenvalue weighted by Crippen LogP contribution is -2.55. The predicted molar refractivity (Wildman–Crippen MR) is 129 cm³/mol. The van der Waals surface area contributed by atoms with Gasteiger partial charge in [-0.3, -0.25) is 9.59 Å². The van der Waals surface area contributed by atoms with Crippen molar-refractivity contribution in [3.8, 4) is 0 Å². The summed E-state index contributed by atoms with van der Waals surface area (Å²) in [6.45, 7) is 14.0. The molecule has 0 bridgehead atoms. The SMILES string of the molecule is C=CCN(C(=O)C(CO)NC(=O)OC(C)(C)C)C(C(=O)NC(C)CCC)c1ccccc1C. The zero-order valence-electron chi connectivity index (χ0n) is 20.7. The summed E-state index contributed by atoms with van der Waals surface area (Å²) >= 11 is 0. The van der Waals surface area contributed by atoms with Crippen LogP contribution in [0.1, 0.15) is 64.6 Å². The molecule has 1 aromatic carbocycles. The molecule has 0 fully saturated rings. The van der Waals surface area contributed by atoms with E-state index >= 15 is 0 Å². The minimum absolute atomic E-state index is 0.0416. The molecule has 3 atom stereocenters. The van der Waals surface area contributed by atoms with E-state index in [1.807, 2.05) is 32.9 Å². The molecule has 184 valence electrons. The Morgan fingerprint density at radius 2 is 1.85 bits per heavy atom. The van der Waals surface area contributed by atoms with Crippen LogP contribution in [0.2, 0.25) is 0 Å². The molecule has 0 aliphatic carbocycles. The number of carbonyl (C=O) groups is 3. The van der Waals surface area contributed by atoms with Gasteiger partial charge in [0.1, 0.15) is 17.7 Å². The molecular formula is C25H39N3O5. The van der Waals surface area contributed by atoms with E-state index in [1.165, 1.54) is 11.0 Å². The van der Waals surface area contributed by atoms with Crippen LogP contribution >= 0.6 is 0 Å². The van der Waals surface area contributed by atoms with Gasteiger partial charge in [-0.05, 0) is 52.2 Å². The number of hydrogen-bond donors (Lipinski definition) is 3. The highest BCUT2D eigenvalue weighted by molar-refractivity contribution is 5.92. The Morgan fingerprint density at radius 3 is 2.36 bits per heavy atom. The normalized spacial score (nSPS) is 13.9. The van der Waals surface area contributed by atoms with Gasteiger partial charge in [0.15, 0.2) is 0 Å². The van der Waals surface area contributed by atoms with E-state index in [0.717, 1.165) is 18.4 Å². The summed E-state index contributed by atoms with van der Waals surface area (Å²) in [6, 6.07) is 4.98. The van der Waals surface area contributed by atoms with Crippen molar-refractivity contribution >= 4 is 17.9 Å². The fourth-order valence-electron chi connectivity index (χ4n) is 3.47. The van der Waals surface area contributed by atoms with Gasteiger partial charge in [-0.25, -0.2) is 4.79 Å². The van der Waals surface area contributed by atoms with E-state index in [9.17, 15) is 19.5 Å². The summed E-state index contributed by atoms with van der Waals surface area (Å²) in [7, 11) is 0. The zero-order chi connectivity index (χ0) is 25.2. The van der Waals surface area contributed by atoms with Crippen LogP contribution < -0.4 is 10.6 Å². The molecular weight excluding hydrogens is 422 g/mol. The average molecular weight is 462 g/mol. The third kappa shape index (κ3) is 8.88. The fraction of sp³-hybridized carbons (Fsp3) is 0.560. The number of benzene rings is 1. The maximum absolute atomic E-state index is 13.5. The molecule has 0 radical (unpaired) electrons. The molecule has 0 saturated heterocycles. The standard InChI is InChI=1S/C25H39N3O5/c1-8-12-18(4)26-22(30)21(19-14-11-10-13-17(19)3)28(15-9-2)23(31)20(16-29)27-24(32)33-25(5,6)7/h9-11,13-14,18,20-21,29H,2,8,12,15-16H2,1,3-7H3,(H,26,30)(H,27,32). The molecule has 0 aliphatic heterocycles. The first kappa shape index (κ1) is 28.2. The van der Waals surface area contributed by atoms with Crippen molar-refractivity contribution in [2.75, 3.05) is 13.2 Å². The number of nitrogens with one attached hydrogen (secondary N) is 2. The van der Waals surface area contributed by atoms with E-state index in [2.05, 4.69) is 17.2 Å². The number of rotatable bonds is 11. The Labute approximate surface area is 197 Å². The van der Waals surface area contributed by atoms with Crippen molar-refractivity contribution in [2.45, 2.75) is 78.1 Å². The van der Waals surface area contributed by atoms with Gasteiger partial charge in [-0.1, -0.05) is 43.7 Å². The van der Waals surface area contributed by atoms with Crippen LogP contribution in [0.25, 0.3) is 0 Å². The van der Waals surface area contributed by atoms with Crippen molar-refractivity contribution in [2.24, 2.45) is 0 Å². The number of ether oxygens (including phenoxy) is 1. The average Bonchev–Trinajstić information content (AvgIpc) is 2.71. The first-order chi connectivity index (χ1) is 15.4. The van der Waals surface area contributed by atoms with Gasteiger partial charge in [0, 0.05) is 12.6 Å². The van der Waals surface area contributed by atoms with Crippen LogP contribution in [0.5, 0.6) is 0 Å². The lowest BCUT2D eigenvalue weighted by atomic mass is 9.97. The number of aliphatic hydroxyl groups excluding tert-OH is 1. The summed E-state index contributed by atoms with van der Waals surface area (Å²) in [6.07, 6.45) is 2.37. The summed E-state index contributed by atoms with van der Waals surface area (Å²) in [5.74, 6) is -0.954. The molecule has 3 unspecified atom stereocenters.